The van der Waals surface area contributed by atoms with Crippen LogP contribution in [0.5, 0.6) is 11.5 Å². The predicted octanol–water partition coefficient (Wildman–Crippen LogP) is 3.72. The molecule has 0 saturated carbocycles. The summed E-state index contributed by atoms with van der Waals surface area (Å²) in [5.41, 5.74) is 2.46. The Hall–Kier alpha value is -4.79. The molecule has 0 radical (unpaired) electrons. The molecular weight excluding hydrogens is 448 g/mol. The van der Waals surface area contributed by atoms with Crippen LogP contribution in [0.1, 0.15) is 21.8 Å². The number of hydrogen-bond donors (Lipinski definition) is 0. The molecule has 2 aromatic carbocycles. The summed E-state index contributed by atoms with van der Waals surface area (Å²) in [6.45, 7) is -0.0354. The van der Waals surface area contributed by atoms with Crippen LogP contribution >= 0.6 is 0 Å². The van der Waals surface area contributed by atoms with E-state index in [0.717, 1.165) is 0 Å². The molecule has 0 atom stereocenters. The number of methoxy groups -OCH3 is 2. The van der Waals surface area contributed by atoms with Gasteiger partial charge in [-0.15, -0.1) is 0 Å². The van der Waals surface area contributed by atoms with Crippen LogP contribution in [0, 0.1) is 0 Å². The molecule has 3 heterocycles. The van der Waals surface area contributed by atoms with E-state index in [9.17, 15) is 9.59 Å². The van der Waals surface area contributed by atoms with E-state index in [4.69, 9.17) is 14.0 Å². The van der Waals surface area contributed by atoms with Crippen LogP contribution in [-0.4, -0.2) is 39.7 Å². The van der Waals surface area contributed by atoms with Crippen molar-refractivity contribution >= 4 is 16.6 Å². The third-order valence-corrected chi connectivity index (χ3v) is 6.12. The second-order valence-electron chi connectivity index (χ2n) is 7.97. The molecule has 5 aromatic rings. The molecule has 9 nitrogen and oxygen atoms in total. The highest BCUT2D eigenvalue weighted by molar-refractivity contribution is 6.27. The van der Waals surface area contributed by atoms with E-state index in [0.29, 0.717) is 44.9 Å². The molecule has 0 amide bonds. The molecule has 0 N–H and O–H groups in total. The Labute approximate surface area is 198 Å². The molecular formula is C26H18N4O5. The van der Waals surface area contributed by atoms with Crippen molar-refractivity contribution in [3.05, 3.63) is 88.3 Å². The molecule has 0 bridgehead atoms. The molecule has 1 aliphatic rings. The van der Waals surface area contributed by atoms with Crippen LogP contribution in [0.15, 0.2) is 70.2 Å². The highest BCUT2D eigenvalue weighted by atomic mass is 16.5. The minimum absolute atomic E-state index is 0.0354. The lowest BCUT2D eigenvalue weighted by molar-refractivity contribution is 0.104. The van der Waals surface area contributed by atoms with E-state index >= 15 is 0 Å². The molecule has 1 aliphatic carbocycles. The lowest BCUT2D eigenvalue weighted by Gasteiger charge is -2.16. The van der Waals surface area contributed by atoms with Crippen LogP contribution in [0.25, 0.3) is 33.4 Å². The fourth-order valence-electron chi connectivity index (χ4n) is 4.60. The quantitative estimate of drug-likeness (QED) is 0.378. The summed E-state index contributed by atoms with van der Waals surface area (Å²) >= 11 is 0. The van der Waals surface area contributed by atoms with Gasteiger partial charge in [0.25, 0.3) is 5.56 Å². The molecule has 3 aromatic heterocycles. The molecule has 0 saturated heterocycles. The number of nitrogens with zero attached hydrogens (tertiary/aromatic N) is 4. The Balaban J connectivity index is 1.63. The van der Waals surface area contributed by atoms with Crippen LogP contribution in [0.4, 0.5) is 0 Å². The van der Waals surface area contributed by atoms with Gasteiger partial charge in [-0.25, -0.2) is 0 Å². The number of hydrogen-bond acceptors (Lipinski definition) is 8. The average molecular weight is 466 g/mol. The first-order valence-corrected chi connectivity index (χ1v) is 10.8. The average Bonchev–Trinajstić information content (AvgIpc) is 3.49. The number of rotatable bonds is 5. The topological polar surface area (TPSA) is 109 Å². The molecule has 9 heteroatoms. The molecule has 0 fully saturated rings. The molecule has 0 unspecified atom stereocenters. The number of carbonyl (C=O) groups is 1. The van der Waals surface area contributed by atoms with Crippen molar-refractivity contribution in [1.29, 1.82) is 0 Å². The van der Waals surface area contributed by atoms with Gasteiger partial charge in [-0.1, -0.05) is 29.4 Å². The highest BCUT2D eigenvalue weighted by Gasteiger charge is 2.34. The number of ketones is 1. The first-order chi connectivity index (χ1) is 17.1. The Bertz CT molecular complexity index is 1690. The van der Waals surface area contributed by atoms with E-state index in [1.807, 2.05) is 18.2 Å². The summed E-state index contributed by atoms with van der Waals surface area (Å²) in [6.07, 6.45) is 3.28. The third kappa shape index (κ3) is 3.05. The maximum Gasteiger partial charge on any atom is 0.263 e. The molecule has 0 spiro atoms. The summed E-state index contributed by atoms with van der Waals surface area (Å²) in [5, 5.41) is 4.79. The number of aromatic nitrogens is 4. The zero-order chi connectivity index (χ0) is 24.1. The zero-order valence-corrected chi connectivity index (χ0v) is 18.8. The minimum atomic E-state index is -0.361. The fourth-order valence-corrected chi connectivity index (χ4v) is 4.60. The van der Waals surface area contributed by atoms with Crippen molar-refractivity contribution in [2.45, 2.75) is 6.54 Å². The van der Waals surface area contributed by atoms with Crippen LogP contribution < -0.4 is 15.0 Å². The summed E-state index contributed by atoms with van der Waals surface area (Å²) in [4.78, 5) is 36.0. The van der Waals surface area contributed by atoms with Crippen LogP contribution in [0.2, 0.25) is 0 Å². The van der Waals surface area contributed by atoms with Crippen molar-refractivity contribution in [2.75, 3.05) is 14.2 Å². The second-order valence-corrected chi connectivity index (χ2v) is 7.97. The second kappa shape index (κ2) is 7.91. The number of pyridine rings is 2. The number of benzene rings is 2. The maximum absolute atomic E-state index is 13.9. The first kappa shape index (κ1) is 20.8. The van der Waals surface area contributed by atoms with Gasteiger partial charge in [0.1, 0.15) is 6.54 Å². The van der Waals surface area contributed by atoms with Gasteiger partial charge in [-0.2, -0.15) is 4.98 Å². The number of fused-ring (bicyclic) bond motifs is 5. The van der Waals surface area contributed by atoms with E-state index in [1.54, 1.807) is 42.7 Å². The lowest BCUT2D eigenvalue weighted by Crippen LogP contribution is -2.24. The SMILES string of the molecule is COc1ccc2c3c(n(Cc4nc(-c5cccnc5)no4)c(=O)c2c1OC)-c1ccccc1C3=O. The van der Waals surface area contributed by atoms with Gasteiger partial charge >= 0.3 is 0 Å². The first-order valence-electron chi connectivity index (χ1n) is 10.8. The molecule has 6 rings (SSSR count). The van der Waals surface area contributed by atoms with Gasteiger partial charge in [0.15, 0.2) is 17.3 Å². The van der Waals surface area contributed by atoms with Gasteiger partial charge in [-0.05, 0) is 24.3 Å². The minimum Gasteiger partial charge on any atom is -0.493 e. The molecule has 35 heavy (non-hydrogen) atoms. The summed E-state index contributed by atoms with van der Waals surface area (Å²) in [7, 11) is 2.96. The number of carbonyl (C=O) groups excluding carboxylic acids is 1. The Morgan fingerprint density at radius 3 is 2.54 bits per heavy atom. The molecule has 172 valence electrons. The van der Waals surface area contributed by atoms with Crippen LogP contribution in [0.3, 0.4) is 0 Å². The monoisotopic (exact) mass is 466 g/mol. The van der Waals surface area contributed by atoms with Gasteiger partial charge in [0.2, 0.25) is 11.7 Å². The van der Waals surface area contributed by atoms with Crippen molar-refractivity contribution < 1.29 is 18.8 Å². The van der Waals surface area contributed by atoms with Crippen molar-refractivity contribution in [2.24, 2.45) is 0 Å². The standard InChI is InChI=1S/C26H18N4O5/c1-33-18-10-9-17-20-22(15-7-3-4-8-16(15)23(20)31)30(26(32)21(17)24(18)34-2)13-19-28-25(29-35-19)14-6-5-11-27-12-14/h3-12H,13H2,1-2H3. The van der Waals surface area contributed by atoms with E-state index in [2.05, 4.69) is 15.1 Å². The Morgan fingerprint density at radius 1 is 0.971 bits per heavy atom. The highest BCUT2D eigenvalue weighted by Crippen LogP contribution is 2.43. The van der Waals surface area contributed by atoms with Crippen molar-refractivity contribution in [3.63, 3.8) is 0 Å². The molecule has 0 aliphatic heterocycles. The van der Waals surface area contributed by atoms with Gasteiger partial charge in [0, 0.05) is 34.5 Å². The zero-order valence-electron chi connectivity index (χ0n) is 18.8. The van der Waals surface area contributed by atoms with Gasteiger partial charge in [0.05, 0.1) is 30.9 Å². The van der Waals surface area contributed by atoms with Crippen molar-refractivity contribution in [3.8, 4) is 34.1 Å². The third-order valence-electron chi connectivity index (χ3n) is 6.12. The summed E-state index contributed by atoms with van der Waals surface area (Å²) in [5.74, 6) is 1.06. The largest absolute Gasteiger partial charge is 0.493 e. The summed E-state index contributed by atoms with van der Waals surface area (Å²) < 4.78 is 17.9. The van der Waals surface area contributed by atoms with Crippen molar-refractivity contribution in [1.82, 2.24) is 19.7 Å². The van der Waals surface area contributed by atoms with E-state index in [-0.39, 0.29) is 34.9 Å². The Morgan fingerprint density at radius 2 is 1.80 bits per heavy atom. The van der Waals surface area contributed by atoms with Gasteiger partial charge < -0.3 is 14.0 Å². The van der Waals surface area contributed by atoms with E-state index < -0.39 is 0 Å². The van der Waals surface area contributed by atoms with Crippen LogP contribution in [-0.2, 0) is 6.54 Å². The fraction of sp³-hybridized carbons (Fsp3) is 0.115. The summed E-state index contributed by atoms with van der Waals surface area (Å²) in [6, 6.07) is 14.2. The lowest BCUT2D eigenvalue weighted by atomic mass is 10.0. The maximum atomic E-state index is 13.9. The number of ether oxygens (including phenoxy) is 2. The normalized spacial score (nSPS) is 12.0. The predicted molar refractivity (Wildman–Crippen MR) is 127 cm³/mol. The smallest absolute Gasteiger partial charge is 0.263 e. The van der Waals surface area contributed by atoms with E-state index in [1.165, 1.54) is 18.8 Å². The van der Waals surface area contributed by atoms with Gasteiger partial charge in [-0.3, -0.25) is 19.1 Å². The Kier molecular flexibility index (Phi) is 4.70.